The van der Waals surface area contributed by atoms with Crippen molar-refractivity contribution in [3.63, 3.8) is 0 Å². The molecular formula is C25H22N6. The van der Waals surface area contributed by atoms with Gasteiger partial charge in [0.1, 0.15) is 0 Å². The average molecular weight is 406 g/mol. The Morgan fingerprint density at radius 2 is 0.645 bits per heavy atom. The molecule has 0 radical (unpaired) electrons. The van der Waals surface area contributed by atoms with Crippen LogP contribution in [0.2, 0.25) is 0 Å². The number of rotatable bonds is 6. The Kier molecular flexibility index (Phi) is 6.09. The Balaban J connectivity index is 1.35. The van der Waals surface area contributed by atoms with Gasteiger partial charge in [-0.2, -0.15) is 20.5 Å². The van der Waals surface area contributed by atoms with Crippen LogP contribution in [-0.2, 0) is 6.42 Å². The van der Waals surface area contributed by atoms with Crippen molar-refractivity contribution in [2.45, 2.75) is 6.42 Å². The largest absolute Gasteiger partial charge is 0.399 e. The molecule has 0 aliphatic carbocycles. The van der Waals surface area contributed by atoms with Crippen LogP contribution in [0.5, 0.6) is 0 Å². The van der Waals surface area contributed by atoms with E-state index in [0.29, 0.717) is 11.4 Å². The fraction of sp³-hybridized carbons (Fsp3) is 0.0400. The number of nitrogens with two attached hydrogens (primary N) is 2. The van der Waals surface area contributed by atoms with Gasteiger partial charge in [0.05, 0.1) is 22.7 Å². The van der Waals surface area contributed by atoms with Crippen LogP contribution in [0.15, 0.2) is 118 Å². The molecule has 152 valence electrons. The summed E-state index contributed by atoms with van der Waals surface area (Å²) in [7, 11) is 0. The van der Waals surface area contributed by atoms with Gasteiger partial charge in [0.25, 0.3) is 0 Å². The van der Waals surface area contributed by atoms with Gasteiger partial charge in [0.2, 0.25) is 0 Å². The Morgan fingerprint density at radius 3 is 0.935 bits per heavy atom. The van der Waals surface area contributed by atoms with E-state index in [2.05, 4.69) is 44.7 Å². The summed E-state index contributed by atoms with van der Waals surface area (Å²) in [5.41, 5.74) is 18.3. The second-order valence-corrected chi connectivity index (χ2v) is 7.09. The molecule has 4 N–H and O–H groups in total. The van der Waals surface area contributed by atoms with Gasteiger partial charge in [-0.25, -0.2) is 0 Å². The van der Waals surface area contributed by atoms with Crippen LogP contribution in [0.25, 0.3) is 0 Å². The lowest BCUT2D eigenvalue weighted by Crippen LogP contribution is -1.86. The molecule has 6 nitrogen and oxygen atoms in total. The molecule has 6 heteroatoms. The van der Waals surface area contributed by atoms with Gasteiger partial charge >= 0.3 is 0 Å². The van der Waals surface area contributed by atoms with Crippen molar-refractivity contribution in [3.8, 4) is 0 Å². The third-order valence-electron chi connectivity index (χ3n) is 4.63. The molecule has 4 aromatic rings. The zero-order valence-electron chi connectivity index (χ0n) is 16.9. The van der Waals surface area contributed by atoms with Gasteiger partial charge in [-0.1, -0.05) is 24.3 Å². The molecule has 0 unspecified atom stereocenters. The molecular weight excluding hydrogens is 384 g/mol. The number of hydrogen-bond donors (Lipinski definition) is 2. The van der Waals surface area contributed by atoms with Crippen LogP contribution in [0.3, 0.4) is 0 Å². The Hall–Kier alpha value is -4.32. The highest BCUT2D eigenvalue weighted by Gasteiger charge is 1.99. The van der Waals surface area contributed by atoms with E-state index in [1.165, 1.54) is 11.1 Å². The minimum absolute atomic E-state index is 0.709. The summed E-state index contributed by atoms with van der Waals surface area (Å²) >= 11 is 0. The van der Waals surface area contributed by atoms with Crippen LogP contribution >= 0.6 is 0 Å². The van der Waals surface area contributed by atoms with Gasteiger partial charge < -0.3 is 11.5 Å². The zero-order valence-corrected chi connectivity index (χ0v) is 16.9. The van der Waals surface area contributed by atoms with Crippen LogP contribution in [0.1, 0.15) is 11.1 Å². The number of azo groups is 2. The summed E-state index contributed by atoms with van der Waals surface area (Å²) < 4.78 is 0. The monoisotopic (exact) mass is 406 g/mol. The molecule has 0 atom stereocenters. The number of hydrogen-bond acceptors (Lipinski definition) is 6. The maximum absolute atomic E-state index is 5.68. The summed E-state index contributed by atoms with van der Waals surface area (Å²) in [6.45, 7) is 0. The van der Waals surface area contributed by atoms with E-state index in [9.17, 15) is 0 Å². The van der Waals surface area contributed by atoms with Crippen molar-refractivity contribution in [2.24, 2.45) is 20.5 Å². The first kappa shape index (κ1) is 20.0. The molecule has 0 aliphatic heterocycles. The Bertz CT molecular complexity index is 1080. The molecule has 0 fully saturated rings. The van der Waals surface area contributed by atoms with E-state index in [0.717, 1.165) is 29.2 Å². The second kappa shape index (κ2) is 9.45. The summed E-state index contributed by atoms with van der Waals surface area (Å²) in [6.07, 6.45) is 0.824. The SMILES string of the molecule is Nc1ccc(N=Nc2ccc(Cc3ccc(N=Nc4ccc(N)cc4)cc3)cc2)cc1. The standard InChI is InChI=1S/C25H22N6/c26-20-5-13-24(14-6-20)30-28-22-9-1-18(2-10-22)17-19-3-11-23(12-4-19)29-31-25-15-7-21(27)8-16-25/h1-16H,17,26-27H2. The second-order valence-electron chi connectivity index (χ2n) is 7.09. The van der Waals surface area contributed by atoms with Gasteiger partial charge in [-0.05, 0) is 90.3 Å². The summed E-state index contributed by atoms with van der Waals surface area (Å²) in [6, 6.07) is 30.7. The smallest absolute Gasteiger partial charge is 0.0858 e. The van der Waals surface area contributed by atoms with Crippen LogP contribution < -0.4 is 11.5 Å². The molecule has 0 aliphatic rings. The fourth-order valence-corrected chi connectivity index (χ4v) is 2.91. The lowest BCUT2D eigenvalue weighted by Gasteiger charge is -2.03. The molecule has 0 saturated heterocycles. The van der Waals surface area contributed by atoms with Gasteiger partial charge in [0.15, 0.2) is 0 Å². The number of anilines is 2. The van der Waals surface area contributed by atoms with E-state index in [1.807, 2.05) is 72.8 Å². The van der Waals surface area contributed by atoms with Crippen molar-refractivity contribution in [1.29, 1.82) is 0 Å². The Morgan fingerprint density at radius 1 is 0.387 bits per heavy atom. The van der Waals surface area contributed by atoms with E-state index in [4.69, 9.17) is 11.5 Å². The third kappa shape index (κ3) is 5.83. The van der Waals surface area contributed by atoms with Crippen molar-refractivity contribution in [1.82, 2.24) is 0 Å². The third-order valence-corrected chi connectivity index (χ3v) is 4.63. The van der Waals surface area contributed by atoms with Crippen LogP contribution in [-0.4, -0.2) is 0 Å². The van der Waals surface area contributed by atoms with E-state index < -0.39 is 0 Å². The topological polar surface area (TPSA) is 101 Å². The van der Waals surface area contributed by atoms with Gasteiger partial charge in [-0.15, -0.1) is 0 Å². The maximum Gasteiger partial charge on any atom is 0.0858 e. The molecule has 31 heavy (non-hydrogen) atoms. The predicted molar refractivity (Wildman–Crippen MR) is 126 cm³/mol. The zero-order chi connectivity index (χ0) is 21.5. The summed E-state index contributed by atoms with van der Waals surface area (Å²) in [5, 5.41) is 17.0. The quantitative estimate of drug-likeness (QED) is 0.260. The fourth-order valence-electron chi connectivity index (χ4n) is 2.91. The van der Waals surface area contributed by atoms with Crippen LogP contribution in [0.4, 0.5) is 34.1 Å². The van der Waals surface area contributed by atoms with Crippen molar-refractivity contribution < 1.29 is 0 Å². The van der Waals surface area contributed by atoms with Gasteiger partial charge in [-0.3, -0.25) is 0 Å². The average Bonchev–Trinajstić information content (AvgIpc) is 2.80. The number of nitrogen functional groups attached to an aromatic ring is 2. The highest BCUT2D eigenvalue weighted by atomic mass is 15.1. The first-order chi connectivity index (χ1) is 15.1. The summed E-state index contributed by atoms with van der Waals surface area (Å²) in [5.74, 6) is 0. The highest BCUT2D eigenvalue weighted by molar-refractivity contribution is 5.49. The lowest BCUT2D eigenvalue weighted by molar-refractivity contribution is 1.17. The van der Waals surface area contributed by atoms with Crippen LogP contribution in [0, 0.1) is 0 Å². The first-order valence-electron chi connectivity index (χ1n) is 9.86. The number of nitrogens with zero attached hydrogens (tertiary/aromatic N) is 4. The molecule has 0 aromatic heterocycles. The molecule has 0 amide bonds. The Labute approximate surface area is 181 Å². The minimum atomic E-state index is 0.709. The maximum atomic E-state index is 5.68. The van der Waals surface area contributed by atoms with E-state index >= 15 is 0 Å². The van der Waals surface area contributed by atoms with E-state index in [-0.39, 0.29) is 0 Å². The summed E-state index contributed by atoms with van der Waals surface area (Å²) in [4.78, 5) is 0. The predicted octanol–water partition coefficient (Wildman–Crippen LogP) is 7.27. The number of benzene rings is 4. The first-order valence-corrected chi connectivity index (χ1v) is 9.86. The van der Waals surface area contributed by atoms with Crippen molar-refractivity contribution in [3.05, 3.63) is 108 Å². The molecule has 0 heterocycles. The molecule has 4 rings (SSSR count). The van der Waals surface area contributed by atoms with Gasteiger partial charge in [0, 0.05) is 11.4 Å². The molecule has 0 spiro atoms. The highest BCUT2D eigenvalue weighted by Crippen LogP contribution is 2.23. The molecule has 0 saturated carbocycles. The minimum Gasteiger partial charge on any atom is -0.399 e. The van der Waals surface area contributed by atoms with Crippen molar-refractivity contribution >= 4 is 34.1 Å². The van der Waals surface area contributed by atoms with E-state index in [1.54, 1.807) is 0 Å². The van der Waals surface area contributed by atoms with Crippen molar-refractivity contribution in [2.75, 3.05) is 11.5 Å². The lowest BCUT2D eigenvalue weighted by atomic mass is 10.0. The molecule has 0 bridgehead atoms. The normalized spacial score (nSPS) is 11.4. The molecule has 4 aromatic carbocycles.